The molecule has 0 N–H and O–H groups in total. The van der Waals surface area contributed by atoms with E-state index in [0.29, 0.717) is 5.75 Å². The van der Waals surface area contributed by atoms with Crippen molar-refractivity contribution in [1.29, 1.82) is 0 Å². The third kappa shape index (κ3) is 3.40. The largest absolute Gasteiger partial charge is 0.497 e. The number of likely N-dealkylation sites (N-methyl/N-ethyl adjacent to an activating group) is 1. The van der Waals surface area contributed by atoms with E-state index in [1.807, 2.05) is 0 Å². The van der Waals surface area contributed by atoms with Crippen molar-refractivity contribution < 1.29 is 27.4 Å². The summed E-state index contributed by atoms with van der Waals surface area (Å²) in [4.78, 5) is 11.1. The standard InChI is InChI=1S/C12H17NO6S/c1-13(8-12(14)19-4)20(15,16)11-6-5-9(17-2)7-10(11)18-3/h5-7H,8H2,1-4H3. The zero-order valence-corrected chi connectivity index (χ0v) is 12.6. The van der Waals surface area contributed by atoms with Gasteiger partial charge in [0.05, 0.1) is 21.3 Å². The summed E-state index contributed by atoms with van der Waals surface area (Å²) in [5.41, 5.74) is 0. The third-order valence-electron chi connectivity index (χ3n) is 2.64. The Balaban J connectivity index is 3.18. The number of sulfonamides is 1. The van der Waals surface area contributed by atoms with Gasteiger partial charge in [-0.25, -0.2) is 8.42 Å². The summed E-state index contributed by atoms with van der Waals surface area (Å²) in [6.45, 7) is -0.381. The Hall–Kier alpha value is -1.80. The highest BCUT2D eigenvalue weighted by molar-refractivity contribution is 7.89. The highest BCUT2D eigenvalue weighted by Gasteiger charge is 2.27. The molecule has 8 heteroatoms. The quantitative estimate of drug-likeness (QED) is 0.712. The van der Waals surface area contributed by atoms with Crippen molar-refractivity contribution in [2.45, 2.75) is 4.90 Å². The van der Waals surface area contributed by atoms with Crippen molar-refractivity contribution >= 4 is 16.0 Å². The molecule has 0 unspecified atom stereocenters. The molecular weight excluding hydrogens is 286 g/mol. The molecule has 0 saturated carbocycles. The molecule has 0 aromatic heterocycles. The van der Waals surface area contributed by atoms with E-state index in [1.165, 1.54) is 46.6 Å². The second kappa shape index (κ2) is 6.58. The van der Waals surface area contributed by atoms with Crippen LogP contribution in [0.1, 0.15) is 0 Å². The van der Waals surface area contributed by atoms with E-state index in [1.54, 1.807) is 0 Å². The number of hydrogen-bond acceptors (Lipinski definition) is 6. The van der Waals surface area contributed by atoms with E-state index in [9.17, 15) is 13.2 Å². The minimum Gasteiger partial charge on any atom is -0.497 e. The van der Waals surface area contributed by atoms with Crippen LogP contribution in [0.4, 0.5) is 0 Å². The van der Waals surface area contributed by atoms with Gasteiger partial charge in [-0.1, -0.05) is 0 Å². The van der Waals surface area contributed by atoms with Gasteiger partial charge in [0.2, 0.25) is 10.0 Å². The molecular formula is C12H17NO6S. The summed E-state index contributed by atoms with van der Waals surface area (Å²) < 4.78 is 40.1. The lowest BCUT2D eigenvalue weighted by atomic mass is 10.3. The molecule has 0 radical (unpaired) electrons. The van der Waals surface area contributed by atoms with E-state index in [2.05, 4.69) is 4.74 Å². The van der Waals surface area contributed by atoms with E-state index in [-0.39, 0.29) is 17.2 Å². The first-order valence-corrected chi connectivity index (χ1v) is 7.06. The maximum atomic E-state index is 12.4. The first-order valence-electron chi connectivity index (χ1n) is 5.62. The molecule has 20 heavy (non-hydrogen) atoms. The highest BCUT2D eigenvalue weighted by atomic mass is 32.2. The van der Waals surface area contributed by atoms with Crippen molar-refractivity contribution in [1.82, 2.24) is 4.31 Å². The Morgan fingerprint density at radius 3 is 2.35 bits per heavy atom. The smallest absolute Gasteiger partial charge is 0.321 e. The molecule has 0 fully saturated rings. The van der Waals surface area contributed by atoms with Crippen LogP contribution < -0.4 is 9.47 Å². The average Bonchev–Trinajstić information content (AvgIpc) is 2.45. The summed E-state index contributed by atoms with van der Waals surface area (Å²) in [5.74, 6) is -0.0407. The average molecular weight is 303 g/mol. The van der Waals surface area contributed by atoms with Crippen LogP contribution in [0.5, 0.6) is 11.5 Å². The number of hydrogen-bond donors (Lipinski definition) is 0. The first kappa shape index (κ1) is 16.3. The van der Waals surface area contributed by atoms with Crippen LogP contribution in [-0.4, -0.2) is 53.6 Å². The number of esters is 1. The summed E-state index contributed by atoms with van der Waals surface area (Å²) in [7, 11) is 1.44. The minimum absolute atomic E-state index is 0.0489. The van der Waals surface area contributed by atoms with Crippen LogP contribution in [-0.2, 0) is 19.6 Å². The van der Waals surface area contributed by atoms with Crippen LogP contribution in [0.15, 0.2) is 23.1 Å². The van der Waals surface area contributed by atoms with Crippen molar-refractivity contribution in [2.24, 2.45) is 0 Å². The summed E-state index contributed by atoms with van der Waals surface area (Å²) >= 11 is 0. The van der Waals surface area contributed by atoms with Gasteiger partial charge in [0, 0.05) is 13.1 Å². The van der Waals surface area contributed by atoms with Crippen molar-refractivity contribution in [3.8, 4) is 11.5 Å². The number of benzene rings is 1. The van der Waals surface area contributed by atoms with Gasteiger partial charge in [0.15, 0.2) is 0 Å². The molecule has 0 amide bonds. The van der Waals surface area contributed by atoms with Gasteiger partial charge >= 0.3 is 5.97 Å². The third-order valence-corrected chi connectivity index (χ3v) is 4.48. The molecule has 1 aromatic carbocycles. The molecule has 0 aliphatic heterocycles. The summed E-state index contributed by atoms with van der Waals surface area (Å²) in [5, 5.41) is 0. The van der Waals surface area contributed by atoms with E-state index in [0.717, 1.165) is 4.31 Å². The van der Waals surface area contributed by atoms with Crippen LogP contribution in [0.25, 0.3) is 0 Å². The van der Waals surface area contributed by atoms with Crippen LogP contribution in [0, 0.1) is 0 Å². The molecule has 1 rings (SSSR count). The topological polar surface area (TPSA) is 82.1 Å². The molecule has 112 valence electrons. The Morgan fingerprint density at radius 1 is 1.20 bits per heavy atom. The predicted molar refractivity (Wildman–Crippen MR) is 71.4 cm³/mol. The van der Waals surface area contributed by atoms with Crippen LogP contribution in [0.3, 0.4) is 0 Å². The van der Waals surface area contributed by atoms with Crippen LogP contribution >= 0.6 is 0 Å². The maximum Gasteiger partial charge on any atom is 0.321 e. The second-order valence-corrected chi connectivity index (χ2v) is 5.87. The molecule has 1 aromatic rings. The van der Waals surface area contributed by atoms with Gasteiger partial charge in [-0.15, -0.1) is 0 Å². The van der Waals surface area contributed by atoms with Crippen molar-refractivity contribution in [3.05, 3.63) is 18.2 Å². The normalized spacial score (nSPS) is 11.2. The number of carbonyl (C=O) groups is 1. The Bertz CT molecular complexity index is 584. The molecule has 0 bridgehead atoms. The SMILES string of the molecule is COC(=O)CN(C)S(=O)(=O)c1ccc(OC)cc1OC. The molecule has 0 heterocycles. The molecule has 0 spiro atoms. The fourth-order valence-electron chi connectivity index (χ4n) is 1.49. The molecule has 0 aliphatic carbocycles. The van der Waals surface area contributed by atoms with Crippen LogP contribution in [0.2, 0.25) is 0 Å². The maximum absolute atomic E-state index is 12.4. The number of nitrogens with zero attached hydrogens (tertiary/aromatic N) is 1. The number of methoxy groups -OCH3 is 3. The molecule has 0 atom stereocenters. The van der Waals surface area contributed by atoms with Gasteiger partial charge in [-0.2, -0.15) is 4.31 Å². The molecule has 0 saturated heterocycles. The minimum atomic E-state index is -3.86. The Kier molecular flexibility index (Phi) is 5.34. The monoisotopic (exact) mass is 303 g/mol. The van der Waals surface area contributed by atoms with Crippen molar-refractivity contribution in [2.75, 3.05) is 34.9 Å². The summed E-state index contributed by atoms with van der Waals surface area (Å²) in [6.07, 6.45) is 0. The van der Waals surface area contributed by atoms with Gasteiger partial charge in [0.1, 0.15) is 22.9 Å². The number of rotatable bonds is 6. The van der Waals surface area contributed by atoms with E-state index >= 15 is 0 Å². The number of ether oxygens (including phenoxy) is 3. The zero-order chi connectivity index (χ0) is 15.3. The lowest BCUT2D eigenvalue weighted by molar-refractivity contribution is -0.140. The molecule has 7 nitrogen and oxygen atoms in total. The number of carbonyl (C=O) groups excluding carboxylic acids is 1. The fraction of sp³-hybridized carbons (Fsp3) is 0.417. The zero-order valence-electron chi connectivity index (χ0n) is 11.7. The summed E-state index contributed by atoms with van der Waals surface area (Å²) in [6, 6.07) is 4.32. The predicted octanol–water partition coefficient (Wildman–Crippen LogP) is 0.497. The lowest BCUT2D eigenvalue weighted by Crippen LogP contribution is -2.32. The van der Waals surface area contributed by atoms with Gasteiger partial charge in [0.25, 0.3) is 0 Å². The van der Waals surface area contributed by atoms with E-state index in [4.69, 9.17) is 9.47 Å². The second-order valence-electron chi connectivity index (χ2n) is 3.85. The Labute approximate surface area is 118 Å². The van der Waals surface area contributed by atoms with Gasteiger partial charge in [-0.3, -0.25) is 4.79 Å². The Morgan fingerprint density at radius 2 is 1.85 bits per heavy atom. The van der Waals surface area contributed by atoms with E-state index < -0.39 is 16.0 Å². The van der Waals surface area contributed by atoms with Gasteiger partial charge in [-0.05, 0) is 12.1 Å². The van der Waals surface area contributed by atoms with Crippen molar-refractivity contribution in [3.63, 3.8) is 0 Å². The van der Waals surface area contributed by atoms with Gasteiger partial charge < -0.3 is 14.2 Å². The first-order chi connectivity index (χ1) is 9.36. The molecule has 0 aliphatic rings. The highest BCUT2D eigenvalue weighted by Crippen LogP contribution is 2.30. The lowest BCUT2D eigenvalue weighted by Gasteiger charge is -2.18. The fourth-order valence-corrected chi connectivity index (χ4v) is 2.73.